The summed E-state index contributed by atoms with van der Waals surface area (Å²) in [5.41, 5.74) is 5.68. The quantitative estimate of drug-likeness (QED) is 0.530. The Morgan fingerprint density at radius 2 is 2.38 bits per heavy atom. The van der Waals surface area contributed by atoms with Gasteiger partial charge in [0, 0.05) is 19.3 Å². The highest BCUT2D eigenvalue weighted by atomic mass is 19.1. The van der Waals surface area contributed by atoms with Crippen molar-refractivity contribution in [1.29, 1.82) is 0 Å². The van der Waals surface area contributed by atoms with Gasteiger partial charge in [-0.05, 0) is 0 Å². The van der Waals surface area contributed by atoms with Crippen molar-refractivity contribution in [3.05, 3.63) is 18.2 Å². The largest absolute Gasteiger partial charge is 0.397 e. The molecule has 1 aromatic heterocycles. The second kappa shape index (κ2) is 1.51. The summed E-state index contributed by atoms with van der Waals surface area (Å²) in [6.45, 7) is 0. The Hall–Kier alpha value is -0.990. The lowest BCUT2D eigenvalue weighted by Crippen LogP contribution is -1.86. The third kappa shape index (κ3) is 0.665. The van der Waals surface area contributed by atoms with Gasteiger partial charge in [0.25, 0.3) is 0 Å². The predicted octanol–water partition coefficient (Wildman–Crippen LogP) is 0.746. The van der Waals surface area contributed by atoms with Gasteiger partial charge in [0.2, 0.25) is 0 Å². The number of anilines is 1. The first kappa shape index (κ1) is 5.15. The van der Waals surface area contributed by atoms with E-state index in [0.717, 1.165) is 0 Å². The maximum atomic E-state index is 12.2. The molecule has 0 saturated carbocycles. The topological polar surface area (TPSA) is 30.9 Å². The zero-order valence-corrected chi connectivity index (χ0v) is 4.56. The molecule has 0 aliphatic carbocycles. The van der Waals surface area contributed by atoms with Crippen LogP contribution >= 0.6 is 0 Å². The van der Waals surface area contributed by atoms with Crippen LogP contribution in [0.4, 0.5) is 10.1 Å². The minimum Gasteiger partial charge on any atom is -0.397 e. The molecule has 0 saturated heterocycles. The van der Waals surface area contributed by atoms with Crippen LogP contribution in [0.3, 0.4) is 0 Å². The summed E-state index contributed by atoms with van der Waals surface area (Å²) in [7, 11) is 1.60. The smallest absolute Gasteiger partial charge is 0.195 e. The van der Waals surface area contributed by atoms with E-state index in [2.05, 4.69) is 0 Å². The number of nitrogen functional groups attached to an aromatic ring is 1. The molecule has 0 aromatic carbocycles. The van der Waals surface area contributed by atoms with Crippen LogP contribution in [0, 0.1) is 5.95 Å². The molecular formula is C5H7FN2. The lowest BCUT2D eigenvalue weighted by atomic mass is 10.6. The van der Waals surface area contributed by atoms with E-state index in [-0.39, 0.29) is 5.95 Å². The first-order valence-corrected chi connectivity index (χ1v) is 2.27. The average molecular weight is 114 g/mol. The van der Waals surface area contributed by atoms with E-state index < -0.39 is 0 Å². The van der Waals surface area contributed by atoms with Crippen LogP contribution < -0.4 is 5.73 Å². The average Bonchev–Trinajstić information content (AvgIpc) is 1.85. The first-order chi connectivity index (χ1) is 3.70. The molecule has 44 valence electrons. The molecule has 0 fully saturated rings. The Bertz CT molecular complexity index is 173. The zero-order chi connectivity index (χ0) is 6.15. The Morgan fingerprint density at radius 1 is 1.75 bits per heavy atom. The Kier molecular flexibility index (Phi) is 0.970. The summed E-state index contributed by atoms with van der Waals surface area (Å²) in [5, 5.41) is 0. The van der Waals surface area contributed by atoms with E-state index in [1.807, 2.05) is 0 Å². The molecule has 2 N–H and O–H groups in total. The van der Waals surface area contributed by atoms with Crippen LogP contribution in [-0.2, 0) is 7.05 Å². The van der Waals surface area contributed by atoms with Crippen molar-refractivity contribution in [2.45, 2.75) is 0 Å². The van der Waals surface area contributed by atoms with E-state index in [1.54, 1.807) is 7.05 Å². The second-order valence-corrected chi connectivity index (χ2v) is 1.71. The van der Waals surface area contributed by atoms with Crippen molar-refractivity contribution in [2.24, 2.45) is 7.05 Å². The highest BCUT2D eigenvalue weighted by Gasteiger charge is 1.94. The summed E-state index contributed by atoms with van der Waals surface area (Å²) in [6, 6.07) is 1.28. The fourth-order valence-corrected chi connectivity index (χ4v) is 0.562. The number of nitrogens with zero attached hydrogens (tertiary/aromatic N) is 1. The van der Waals surface area contributed by atoms with E-state index >= 15 is 0 Å². The van der Waals surface area contributed by atoms with Crippen LogP contribution in [-0.4, -0.2) is 4.57 Å². The standard InChI is InChI=1S/C5H7FN2/c1-8-3-4(7)2-5(8)6/h2-3H,7H2,1H3. The molecule has 3 heteroatoms. The van der Waals surface area contributed by atoms with Crippen molar-refractivity contribution in [1.82, 2.24) is 4.57 Å². The molecule has 0 bridgehead atoms. The van der Waals surface area contributed by atoms with E-state index in [1.165, 1.54) is 16.8 Å². The van der Waals surface area contributed by atoms with Crippen LogP contribution in [0.5, 0.6) is 0 Å². The maximum absolute atomic E-state index is 12.2. The molecule has 0 amide bonds. The molecular weight excluding hydrogens is 107 g/mol. The number of rotatable bonds is 0. The van der Waals surface area contributed by atoms with Gasteiger partial charge in [-0.15, -0.1) is 0 Å². The molecule has 0 atom stereocenters. The Morgan fingerprint density at radius 3 is 2.50 bits per heavy atom. The fraction of sp³-hybridized carbons (Fsp3) is 0.200. The highest BCUT2D eigenvalue weighted by Crippen LogP contribution is 2.04. The summed E-state index contributed by atoms with van der Waals surface area (Å²) in [5.74, 6) is -0.303. The third-order valence-electron chi connectivity index (χ3n) is 0.965. The number of nitrogens with two attached hydrogens (primary N) is 1. The maximum Gasteiger partial charge on any atom is 0.195 e. The Labute approximate surface area is 46.7 Å². The van der Waals surface area contributed by atoms with Gasteiger partial charge < -0.3 is 10.3 Å². The van der Waals surface area contributed by atoms with Crippen LogP contribution in [0.2, 0.25) is 0 Å². The van der Waals surface area contributed by atoms with Crippen LogP contribution in [0.25, 0.3) is 0 Å². The number of aryl methyl sites for hydroxylation is 1. The zero-order valence-electron chi connectivity index (χ0n) is 4.56. The van der Waals surface area contributed by atoms with Crippen molar-refractivity contribution < 1.29 is 4.39 Å². The molecule has 0 spiro atoms. The third-order valence-corrected chi connectivity index (χ3v) is 0.965. The number of hydrogen-bond donors (Lipinski definition) is 1. The van der Waals surface area contributed by atoms with Crippen molar-refractivity contribution in [2.75, 3.05) is 5.73 Å². The second-order valence-electron chi connectivity index (χ2n) is 1.71. The summed E-state index contributed by atoms with van der Waals surface area (Å²) < 4.78 is 13.6. The summed E-state index contributed by atoms with van der Waals surface area (Å²) >= 11 is 0. The highest BCUT2D eigenvalue weighted by molar-refractivity contribution is 5.34. The summed E-state index contributed by atoms with van der Waals surface area (Å²) in [4.78, 5) is 0. The summed E-state index contributed by atoms with van der Waals surface area (Å²) in [6.07, 6.45) is 1.52. The SMILES string of the molecule is Cn1cc(N)cc1F. The monoisotopic (exact) mass is 114 g/mol. The lowest BCUT2D eigenvalue weighted by Gasteiger charge is -1.85. The molecule has 0 radical (unpaired) electrons. The molecule has 1 heterocycles. The van der Waals surface area contributed by atoms with Gasteiger partial charge in [-0.3, -0.25) is 0 Å². The molecule has 0 aliphatic heterocycles. The lowest BCUT2D eigenvalue weighted by molar-refractivity contribution is 0.535. The van der Waals surface area contributed by atoms with Crippen molar-refractivity contribution in [3.8, 4) is 0 Å². The minimum absolute atomic E-state index is 0.303. The van der Waals surface area contributed by atoms with Gasteiger partial charge in [0.05, 0.1) is 5.69 Å². The van der Waals surface area contributed by atoms with Crippen LogP contribution in [0.15, 0.2) is 12.3 Å². The first-order valence-electron chi connectivity index (χ1n) is 2.27. The van der Waals surface area contributed by atoms with Gasteiger partial charge in [-0.1, -0.05) is 0 Å². The number of halogens is 1. The molecule has 1 aromatic rings. The fourth-order valence-electron chi connectivity index (χ4n) is 0.562. The molecule has 0 aliphatic rings. The Balaban J connectivity index is 3.14. The number of aromatic nitrogens is 1. The predicted molar refractivity (Wildman–Crippen MR) is 29.8 cm³/mol. The van der Waals surface area contributed by atoms with Crippen molar-refractivity contribution in [3.63, 3.8) is 0 Å². The van der Waals surface area contributed by atoms with E-state index in [0.29, 0.717) is 5.69 Å². The molecule has 2 nitrogen and oxygen atoms in total. The van der Waals surface area contributed by atoms with Gasteiger partial charge >= 0.3 is 0 Å². The van der Waals surface area contributed by atoms with E-state index in [4.69, 9.17) is 5.73 Å². The van der Waals surface area contributed by atoms with Crippen molar-refractivity contribution >= 4 is 5.69 Å². The van der Waals surface area contributed by atoms with E-state index in [9.17, 15) is 4.39 Å². The van der Waals surface area contributed by atoms with Gasteiger partial charge in [-0.25, -0.2) is 0 Å². The van der Waals surface area contributed by atoms with Gasteiger partial charge in [-0.2, -0.15) is 4.39 Å². The van der Waals surface area contributed by atoms with Gasteiger partial charge in [0.1, 0.15) is 0 Å². The molecule has 8 heavy (non-hydrogen) atoms. The van der Waals surface area contributed by atoms with Crippen LogP contribution in [0.1, 0.15) is 0 Å². The van der Waals surface area contributed by atoms with Gasteiger partial charge in [0.15, 0.2) is 5.95 Å². The molecule has 1 rings (SSSR count). The molecule has 0 unspecified atom stereocenters. The normalized spacial score (nSPS) is 9.75. The number of hydrogen-bond acceptors (Lipinski definition) is 1. The minimum atomic E-state index is -0.303.